The molecule has 1 aromatic carbocycles. The maximum Gasteiger partial charge on any atom is 0.191 e. The molecule has 2 N–H and O–H groups in total. The smallest absolute Gasteiger partial charge is 0.191 e. The van der Waals surface area contributed by atoms with Gasteiger partial charge in [0, 0.05) is 23.5 Å². The standard InChI is InChI=1S/C18H29ClN4.HI/c1-4-20-17(21-11-6-12-23(2)3)22-14-18(9-10-18)15-7-5-8-16(19)13-15;/h5,7-8,13H,4,6,9-12,14H2,1-3H3,(H2,20,21,22);1H. The van der Waals surface area contributed by atoms with Gasteiger partial charge in [-0.2, -0.15) is 0 Å². The third-order valence-electron chi connectivity index (χ3n) is 4.25. The molecule has 2 rings (SSSR count). The van der Waals surface area contributed by atoms with Crippen molar-refractivity contribution >= 4 is 41.5 Å². The normalized spacial score (nSPS) is 15.8. The summed E-state index contributed by atoms with van der Waals surface area (Å²) < 4.78 is 0. The van der Waals surface area contributed by atoms with Crippen molar-refractivity contribution in [2.45, 2.75) is 31.6 Å². The van der Waals surface area contributed by atoms with Crippen LogP contribution in [0.4, 0.5) is 0 Å². The van der Waals surface area contributed by atoms with Gasteiger partial charge in [-0.05, 0) is 64.5 Å². The fourth-order valence-corrected chi connectivity index (χ4v) is 2.87. The molecule has 1 aliphatic rings. The molecule has 0 spiro atoms. The van der Waals surface area contributed by atoms with Crippen LogP contribution in [0.25, 0.3) is 0 Å². The van der Waals surface area contributed by atoms with Gasteiger partial charge < -0.3 is 15.5 Å². The number of nitrogens with one attached hydrogen (secondary N) is 2. The molecule has 136 valence electrons. The Morgan fingerprint density at radius 2 is 2.04 bits per heavy atom. The number of hydrogen-bond donors (Lipinski definition) is 2. The van der Waals surface area contributed by atoms with Crippen molar-refractivity contribution in [1.82, 2.24) is 15.5 Å². The number of aliphatic imine (C=N–C) groups is 1. The van der Waals surface area contributed by atoms with Gasteiger partial charge in [-0.1, -0.05) is 23.7 Å². The first-order chi connectivity index (χ1) is 11.1. The molecular formula is C18H30ClIN4. The van der Waals surface area contributed by atoms with E-state index in [0.717, 1.165) is 43.6 Å². The average molecular weight is 465 g/mol. The summed E-state index contributed by atoms with van der Waals surface area (Å²) in [6.07, 6.45) is 3.49. The van der Waals surface area contributed by atoms with Crippen molar-refractivity contribution in [2.75, 3.05) is 40.3 Å². The number of nitrogens with zero attached hydrogens (tertiary/aromatic N) is 2. The molecule has 24 heavy (non-hydrogen) atoms. The zero-order valence-corrected chi connectivity index (χ0v) is 18.0. The molecule has 0 aromatic heterocycles. The Hall–Kier alpha value is -0.530. The van der Waals surface area contributed by atoms with Crippen LogP contribution < -0.4 is 10.6 Å². The van der Waals surface area contributed by atoms with E-state index < -0.39 is 0 Å². The second-order valence-electron chi connectivity index (χ2n) is 6.57. The molecule has 0 bridgehead atoms. The van der Waals surface area contributed by atoms with Crippen LogP contribution in [-0.4, -0.2) is 51.1 Å². The summed E-state index contributed by atoms with van der Waals surface area (Å²) in [5.74, 6) is 0.916. The second-order valence-corrected chi connectivity index (χ2v) is 7.01. The molecule has 0 aliphatic heterocycles. The second kappa shape index (κ2) is 10.5. The lowest BCUT2D eigenvalue weighted by molar-refractivity contribution is 0.399. The Balaban J connectivity index is 0.00000288. The number of guanidine groups is 1. The van der Waals surface area contributed by atoms with Crippen LogP contribution in [0.5, 0.6) is 0 Å². The first kappa shape index (κ1) is 21.5. The van der Waals surface area contributed by atoms with Crippen molar-refractivity contribution in [1.29, 1.82) is 0 Å². The molecule has 0 radical (unpaired) electrons. The van der Waals surface area contributed by atoms with Crippen LogP contribution in [-0.2, 0) is 5.41 Å². The van der Waals surface area contributed by atoms with Crippen molar-refractivity contribution in [2.24, 2.45) is 4.99 Å². The Morgan fingerprint density at radius 1 is 1.29 bits per heavy atom. The molecule has 0 unspecified atom stereocenters. The Labute approximate surface area is 168 Å². The molecule has 1 aliphatic carbocycles. The van der Waals surface area contributed by atoms with Crippen LogP contribution in [0.1, 0.15) is 31.7 Å². The van der Waals surface area contributed by atoms with Gasteiger partial charge in [0.05, 0.1) is 6.54 Å². The van der Waals surface area contributed by atoms with Gasteiger partial charge in [-0.3, -0.25) is 4.99 Å². The molecule has 0 heterocycles. The minimum absolute atomic E-state index is 0. The van der Waals surface area contributed by atoms with E-state index >= 15 is 0 Å². The Kier molecular flexibility index (Phi) is 9.37. The molecule has 0 amide bonds. The van der Waals surface area contributed by atoms with Crippen molar-refractivity contribution < 1.29 is 0 Å². The Bertz CT molecular complexity index is 530. The molecule has 0 saturated heterocycles. The lowest BCUT2D eigenvalue weighted by Crippen LogP contribution is -2.39. The van der Waals surface area contributed by atoms with Crippen molar-refractivity contribution in [3.8, 4) is 0 Å². The maximum absolute atomic E-state index is 6.14. The Morgan fingerprint density at radius 3 is 2.62 bits per heavy atom. The summed E-state index contributed by atoms with van der Waals surface area (Å²) in [7, 11) is 4.20. The minimum atomic E-state index is 0. The monoisotopic (exact) mass is 464 g/mol. The van der Waals surface area contributed by atoms with Gasteiger partial charge >= 0.3 is 0 Å². The van der Waals surface area contributed by atoms with E-state index in [9.17, 15) is 0 Å². The van der Waals surface area contributed by atoms with E-state index in [2.05, 4.69) is 48.7 Å². The SMILES string of the molecule is CCNC(=NCC1(c2cccc(Cl)c2)CC1)NCCCN(C)C.I. The van der Waals surface area contributed by atoms with E-state index in [-0.39, 0.29) is 29.4 Å². The summed E-state index contributed by atoms with van der Waals surface area (Å²) in [6.45, 7) is 5.81. The van der Waals surface area contributed by atoms with Crippen LogP contribution >= 0.6 is 35.6 Å². The van der Waals surface area contributed by atoms with E-state index in [1.807, 2.05) is 12.1 Å². The molecule has 1 saturated carbocycles. The van der Waals surface area contributed by atoms with Crippen molar-refractivity contribution in [3.05, 3.63) is 34.9 Å². The topological polar surface area (TPSA) is 39.7 Å². The third-order valence-corrected chi connectivity index (χ3v) is 4.48. The van der Waals surface area contributed by atoms with Crippen LogP contribution in [0.3, 0.4) is 0 Å². The zero-order valence-electron chi connectivity index (χ0n) is 14.9. The van der Waals surface area contributed by atoms with E-state index in [1.165, 1.54) is 18.4 Å². The predicted molar refractivity (Wildman–Crippen MR) is 115 cm³/mol. The quantitative estimate of drug-likeness (QED) is 0.268. The third kappa shape index (κ3) is 6.76. The fraction of sp³-hybridized carbons (Fsp3) is 0.611. The van der Waals surface area contributed by atoms with Gasteiger partial charge in [0.25, 0.3) is 0 Å². The summed E-state index contributed by atoms with van der Waals surface area (Å²) in [4.78, 5) is 7.01. The highest BCUT2D eigenvalue weighted by Crippen LogP contribution is 2.48. The maximum atomic E-state index is 6.14. The van der Waals surface area contributed by atoms with Gasteiger partial charge in [0.1, 0.15) is 0 Å². The first-order valence-electron chi connectivity index (χ1n) is 8.49. The van der Waals surface area contributed by atoms with Gasteiger partial charge in [0.15, 0.2) is 5.96 Å². The van der Waals surface area contributed by atoms with Crippen molar-refractivity contribution in [3.63, 3.8) is 0 Å². The molecule has 1 aromatic rings. The highest BCUT2D eigenvalue weighted by molar-refractivity contribution is 14.0. The highest BCUT2D eigenvalue weighted by atomic mass is 127. The molecule has 4 nitrogen and oxygen atoms in total. The fourth-order valence-electron chi connectivity index (χ4n) is 2.68. The minimum Gasteiger partial charge on any atom is -0.357 e. The summed E-state index contributed by atoms with van der Waals surface area (Å²) in [6, 6.07) is 8.22. The molecule has 0 atom stereocenters. The summed E-state index contributed by atoms with van der Waals surface area (Å²) >= 11 is 6.14. The predicted octanol–water partition coefficient (Wildman–Crippen LogP) is 3.50. The number of halogens is 2. The summed E-state index contributed by atoms with van der Waals surface area (Å²) in [5, 5.41) is 7.57. The molecular weight excluding hydrogens is 435 g/mol. The van der Waals surface area contributed by atoms with Crippen LogP contribution in [0.15, 0.2) is 29.3 Å². The van der Waals surface area contributed by atoms with Gasteiger partial charge in [-0.15, -0.1) is 24.0 Å². The van der Waals surface area contributed by atoms with Gasteiger partial charge in [0.2, 0.25) is 0 Å². The van der Waals surface area contributed by atoms with E-state index in [1.54, 1.807) is 0 Å². The number of benzene rings is 1. The summed E-state index contributed by atoms with van der Waals surface area (Å²) in [5.41, 5.74) is 1.51. The number of hydrogen-bond acceptors (Lipinski definition) is 2. The molecule has 6 heteroatoms. The van der Waals surface area contributed by atoms with E-state index in [0.29, 0.717) is 0 Å². The molecule has 1 fully saturated rings. The number of rotatable bonds is 8. The zero-order chi connectivity index (χ0) is 16.7. The van der Waals surface area contributed by atoms with Crippen LogP contribution in [0.2, 0.25) is 5.02 Å². The highest BCUT2D eigenvalue weighted by Gasteiger charge is 2.44. The first-order valence-corrected chi connectivity index (χ1v) is 8.86. The van der Waals surface area contributed by atoms with E-state index in [4.69, 9.17) is 16.6 Å². The lowest BCUT2D eigenvalue weighted by Gasteiger charge is -2.16. The lowest BCUT2D eigenvalue weighted by atomic mass is 9.96. The van der Waals surface area contributed by atoms with Gasteiger partial charge in [-0.25, -0.2) is 0 Å². The average Bonchev–Trinajstić information content (AvgIpc) is 3.30. The largest absolute Gasteiger partial charge is 0.357 e. The van der Waals surface area contributed by atoms with Crippen LogP contribution in [0, 0.1) is 0 Å².